The van der Waals surface area contributed by atoms with Crippen molar-refractivity contribution >= 4 is 49.4 Å². The Balaban J connectivity index is 0.998. The van der Waals surface area contributed by atoms with E-state index < -0.39 is 0 Å². The van der Waals surface area contributed by atoms with Crippen molar-refractivity contribution in [2.24, 2.45) is 0 Å². The third-order valence-corrected chi connectivity index (χ3v) is 14.7. The lowest BCUT2D eigenvalue weighted by atomic mass is 9.74. The second-order valence-corrected chi connectivity index (χ2v) is 18.5. The molecule has 0 aliphatic heterocycles. The van der Waals surface area contributed by atoms with E-state index in [1.807, 2.05) is 0 Å². The van der Waals surface area contributed by atoms with Crippen LogP contribution in [0.25, 0.3) is 88.0 Å². The predicted molar refractivity (Wildman–Crippen MR) is 293 cm³/mol. The molecule has 0 radical (unpaired) electrons. The van der Waals surface area contributed by atoms with Crippen molar-refractivity contribution in [2.75, 3.05) is 4.90 Å². The van der Waals surface area contributed by atoms with Crippen LogP contribution in [0, 0.1) is 0 Å². The third-order valence-electron chi connectivity index (χ3n) is 14.7. The fourth-order valence-electron chi connectivity index (χ4n) is 11.4. The van der Waals surface area contributed by atoms with Crippen molar-refractivity contribution < 1.29 is 0 Å². The van der Waals surface area contributed by atoms with Crippen molar-refractivity contribution in [1.82, 2.24) is 0 Å². The van der Waals surface area contributed by atoms with Gasteiger partial charge in [0.25, 0.3) is 0 Å². The molecule has 0 heterocycles. The van der Waals surface area contributed by atoms with Gasteiger partial charge in [-0.05, 0) is 154 Å². The smallest absolute Gasteiger partial charge is 0.0468 e. The van der Waals surface area contributed by atoms with Crippen LogP contribution in [-0.4, -0.2) is 0 Å². The van der Waals surface area contributed by atoms with Gasteiger partial charge in [-0.25, -0.2) is 0 Å². The minimum atomic E-state index is -0.281. The monoisotopic (exact) mass is 877 g/mol. The van der Waals surface area contributed by atoms with Crippen LogP contribution in [0.3, 0.4) is 0 Å². The number of fused-ring (bicyclic) bond motifs is 7. The summed E-state index contributed by atoms with van der Waals surface area (Å²) in [5, 5.41) is 7.50. The number of rotatable bonds is 8. The summed E-state index contributed by atoms with van der Waals surface area (Å²) < 4.78 is 0. The van der Waals surface area contributed by atoms with E-state index >= 15 is 0 Å². The van der Waals surface area contributed by atoms with E-state index in [0.717, 1.165) is 22.6 Å². The Labute approximate surface area is 403 Å². The van der Waals surface area contributed by atoms with E-state index in [4.69, 9.17) is 0 Å². The van der Waals surface area contributed by atoms with Crippen LogP contribution in [0.2, 0.25) is 0 Å². The fraction of sp³-hybridized carbons (Fsp3) is 0.0294. The van der Waals surface area contributed by atoms with E-state index in [-0.39, 0.29) is 5.41 Å². The lowest BCUT2D eigenvalue weighted by Gasteiger charge is -2.30. The van der Waals surface area contributed by atoms with Gasteiger partial charge in [0.15, 0.2) is 0 Å². The molecule has 1 nitrogen and oxygen atoms in total. The van der Waals surface area contributed by atoms with Crippen molar-refractivity contribution in [2.45, 2.75) is 12.3 Å². The first kappa shape index (κ1) is 40.5. The Bertz CT molecular complexity index is 3890. The molecular weight excluding hydrogens is 831 g/mol. The molecule has 324 valence electrons. The van der Waals surface area contributed by atoms with Crippen LogP contribution in [-0.2, 0) is 5.41 Å². The van der Waals surface area contributed by atoms with Crippen LogP contribution in [0.4, 0.5) is 17.1 Å². The lowest BCUT2D eigenvalue weighted by Crippen LogP contribution is -2.22. The molecular formula is C68H47N. The first-order valence-corrected chi connectivity index (χ1v) is 24.0. The molecule has 13 rings (SSSR count). The van der Waals surface area contributed by atoms with Gasteiger partial charge in [-0.15, -0.1) is 0 Å². The molecule has 0 spiro atoms. The molecule has 0 saturated heterocycles. The van der Waals surface area contributed by atoms with Crippen molar-refractivity contribution in [3.63, 3.8) is 0 Å². The van der Waals surface area contributed by atoms with Crippen LogP contribution in [0.5, 0.6) is 0 Å². The van der Waals surface area contributed by atoms with Gasteiger partial charge >= 0.3 is 0 Å². The predicted octanol–water partition coefficient (Wildman–Crippen LogP) is 18.6. The minimum absolute atomic E-state index is 0.281. The number of nitrogens with zero attached hydrogens (tertiary/aromatic N) is 1. The van der Waals surface area contributed by atoms with Crippen LogP contribution < -0.4 is 4.90 Å². The molecule has 0 fully saturated rings. The minimum Gasteiger partial charge on any atom is -0.310 e. The van der Waals surface area contributed by atoms with Gasteiger partial charge in [-0.3, -0.25) is 0 Å². The average Bonchev–Trinajstić information content (AvgIpc) is 3.69. The van der Waals surface area contributed by atoms with Crippen LogP contribution in [0.15, 0.2) is 267 Å². The molecule has 1 aliphatic carbocycles. The summed E-state index contributed by atoms with van der Waals surface area (Å²) in [6, 6.07) is 98.4. The normalized spacial score (nSPS) is 13.9. The Kier molecular flexibility index (Phi) is 9.70. The van der Waals surface area contributed by atoms with Gasteiger partial charge in [0.2, 0.25) is 0 Å². The van der Waals surface area contributed by atoms with E-state index in [1.165, 1.54) is 99.1 Å². The first-order chi connectivity index (χ1) is 34.1. The number of anilines is 3. The Morgan fingerprint density at radius 3 is 1.55 bits per heavy atom. The van der Waals surface area contributed by atoms with Crippen molar-refractivity contribution in [3.05, 3.63) is 284 Å². The molecule has 12 aromatic carbocycles. The van der Waals surface area contributed by atoms with E-state index in [0.29, 0.717) is 0 Å². The average molecular weight is 878 g/mol. The summed E-state index contributed by atoms with van der Waals surface area (Å²) in [5.74, 6) is 0. The standard InChI is InChI=1S/C68H47N/c1-68(52-26-9-4-10-27-52)64-34-16-15-31-60(64)62-45-55(40-42-65(62)68)69(53-38-35-47(36-39-53)57-33-18-24-46-19-11-12-29-56(46)57)54-28-17-25-50(43-54)51-37-41-59-58-30-13-14-32-61(58)66(48-20-5-2-6-21-48)67(63(59)44-51)49-22-7-3-8-23-49/h2-45H,1H3. The molecule has 1 atom stereocenters. The number of benzene rings is 12. The van der Waals surface area contributed by atoms with Gasteiger partial charge in [-0.1, -0.05) is 224 Å². The number of hydrogen-bond acceptors (Lipinski definition) is 1. The molecule has 1 aliphatic rings. The second kappa shape index (κ2) is 16.5. The van der Waals surface area contributed by atoms with Gasteiger partial charge in [0.05, 0.1) is 0 Å². The Morgan fingerprint density at radius 2 is 0.783 bits per heavy atom. The summed E-state index contributed by atoms with van der Waals surface area (Å²) in [5.41, 5.74) is 19.2. The Morgan fingerprint density at radius 1 is 0.275 bits per heavy atom. The van der Waals surface area contributed by atoms with Crippen LogP contribution >= 0.6 is 0 Å². The topological polar surface area (TPSA) is 3.24 Å². The summed E-state index contributed by atoms with van der Waals surface area (Å²) >= 11 is 0. The molecule has 0 saturated carbocycles. The maximum atomic E-state index is 2.44. The summed E-state index contributed by atoms with van der Waals surface area (Å²) in [7, 11) is 0. The van der Waals surface area contributed by atoms with Crippen molar-refractivity contribution in [1.29, 1.82) is 0 Å². The maximum Gasteiger partial charge on any atom is 0.0468 e. The fourth-order valence-corrected chi connectivity index (χ4v) is 11.4. The van der Waals surface area contributed by atoms with E-state index in [1.54, 1.807) is 0 Å². The lowest BCUT2D eigenvalue weighted by molar-refractivity contribution is 0.714. The summed E-state index contributed by atoms with van der Waals surface area (Å²) in [4.78, 5) is 2.44. The second-order valence-electron chi connectivity index (χ2n) is 18.5. The number of hydrogen-bond donors (Lipinski definition) is 0. The van der Waals surface area contributed by atoms with Gasteiger partial charge in [-0.2, -0.15) is 0 Å². The molecule has 1 heteroatoms. The zero-order chi connectivity index (χ0) is 45.9. The Hall–Kier alpha value is -8.78. The van der Waals surface area contributed by atoms with Gasteiger partial charge in [0.1, 0.15) is 0 Å². The molecule has 0 bridgehead atoms. The molecule has 12 aromatic rings. The van der Waals surface area contributed by atoms with E-state index in [9.17, 15) is 0 Å². The molecule has 0 amide bonds. The quantitative estimate of drug-likeness (QED) is 0.138. The third kappa shape index (κ3) is 6.69. The zero-order valence-corrected chi connectivity index (χ0v) is 38.4. The summed E-state index contributed by atoms with van der Waals surface area (Å²) in [6.07, 6.45) is 0. The van der Waals surface area contributed by atoms with Gasteiger partial charge in [0, 0.05) is 22.5 Å². The SMILES string of the molecule is CC1(c2ccccc2)c2ccccc2-c2cc(N(c3ccc(-c4cccc5ccccc45)cc3)c3cccc(-c4ccc5c(c4)c(-c4ccccc4)c(-c4ccccc4)c4ccccc45)c3)ccc21. The molecule has 1 unspecified atom stereocenters. The molecule has 0 N–H and O–H groups in total. The molecule has 0 aromatic heterocycles. The van der Waals surface area contributed by atoms with E-state index in [2.05, 4.69) is 279 Å². The highest BCUT2D eigenvalue weighted by Crippen LogP contribution is 2.54. The zero-order valence-electron chi connectivity index (χ0n) is 38.4. The van der Waals surface area contributed by atoms with Gasteiger partial charge < -0.3 is 4.90 Å². The molecule has 69 heavy (non-hydrogen) atoms. The highest BCUT2D eigenvalue weighted by Gasteiger charge is 2.41. The maximum absolute atomic E-state index is 2.44. The largest absolute Gasteiger partial charge is 0.310 e. The summed E-state index contributed by atoms with van der Waals surface area (Å²) in [6.45, 7) is 2.39. The first-order valence-electron chi connectivity index (χ1n) is 24.0. The highest BCUT2D eigenvalue weighted by molar-refractivity contribution is 6.22. The highest BCUT2D eigenvalue weighted by atomic mass is 15.1. The van der Waals surface area contributed by atoms with Crippen molar-refractivity contribution in [3.8, 4) is 55.6 Å². The van der Waals surface area contributed by atoms with Crippen LogP contribution in [0.1, 0.15) is 23.6 Å².